The van der Waals surface area contributed by atoms with Crippen molar-refractivity contribution in [2.75, 3.05) is 13.1 Å². The lowest BCUT2D eigenvalue weighted by Gasteiger charge is -2.11. The third kappa shape index (κ3) is 18.7. The maximum absolute atomic E-state index is 9.17. The Bertz CT molecular complexity index is 223. The molecule has 4 heteroatoms. The van der Waals surface area contributed by atoms with Gasteiger partial charge in [-0.15, -0.1) is 11.6 Å². The first kappa shape index (κ1) is 25.7. The Labute approximate surface area is 156 Å². The van der Waals surface area contributed by atoms with Crippen LogP contribution in [0.25, 0.3) is 0 Å². The van der Waals surface area contributed by atoms with Crippen LogP contribution in [0.1, 0.15) is 91.4 Å². The maximum atomic E-state index is 9.17. The normalized spacial score (nSPS) is 13.8. The average molecular weight is 370 g/mol. The van der Waals surface area contributed by atoms with E-state index in [0.29, 0.717) is 5.38 Å². The molecule has 0 saturated heterocycles. The van der Waals surface area contributed by atoms with Gasteiger partial charge < -0.3 is 22.8 Å². The molecule has 0 fully saturated rings. The van der Waals surface area contributed by atoms with Gasteiger partial charge in [-0.3, -0.25) is 0 Å². The highest BCUT2D eigenvalue weighted by molar-refractivity contribution is 6.20. The number of halogens is 2. The van der Waals surface area contributed by atoms with Gasteiger partial charge in [0.05, 0.1) is 12.6 Å². The van der Waals surface area contributed by atoms with Crippen molar-refractivity contribution in [1.29, 1.82) is 0 Å². The number of hydrogen-bond acceptors (Lipinski definition) is 1. The lowest BCUT2D eigenvalue weighted by molar-refractivity contribution is -0.660. The highest BCUT2D eigenvalue weighted by atomic mass is 35.5. The molecule has 0 amide bonds. The predicted molar refractivity (Wildman–Crippen MR) is 98.6 cm³/mol. The molecule has 0 aliphatic rings. The second kappa shape index (κ2) is 18.8. The molecule has 3 N–H and O–H groups in total. The summed E-state index contributed by atoms with van der Waals surface area (Å²) in [5, 5.41) is 11.7. The summed E-state index contributed by atoms with van der Waals surface area (Å²) in [6, 6.07) is 0. The van der Waals surface area contributed by atoms with Gasteiger partial charge in [0.15, 0.2) is 0 Å². The molecule has 23 heavy (non-hydrogen) atoms. The summed E-state index contributed by atoms with van der Waals surface area (Å²) in [5.41, 5.74) is 0. The SMILES string of the molecule is CCC(CC)CCCCCCCCC(Cl)CC[NH2+]CC(C)O.[Cl-]. The van der Waals surface area contributed by atoms with Crippen molar-refractivity contribution in [2.24, 2.45) is 5.92 Å². The minimum atomic E-state index is -0.210. The molecule has 0 saturated carbocycles. The van der Waals surface area contributed by atoms with E-state index in [1.54, 1.807) is 0 Å². The molecule has 0 aromatic rings. The lowest BCUT2D eigenvalue weighted by atomic mass is 9.95. The molecule has 0 aromatic carbocycles. The third-order valence-electron chi connectivity index (χ3n) is 4.73. The molecule has 2 unspecified atom stereocenters. The van der Waals surface area contributed by atoms with Crippen LogP contribution in [0, 0.1) is 5.92 Å². The number of aliphatic hydroxyl groups is 1. The molecule has 2 atom stereocenters. The van der Waals surface area contributed by atoms with E-state index in [-0.39, 0.29) is 18.5 Å². The zero-order chi connectivity index (χ0) is 16.6. The van der Waals surface area contributed by atoms with Crippen molar-refractivity contribution < 1.29 is 22.8 Å². The van der Waals surface area contributed by atoms with Gasteiger partial charge in [-0.2, -0.15) is 0 Å². The van der Waals surface area contributed by atoms with E-state index in [1.807, 2.05) is 6.92 Å². The number of hydrogen-bond donors (Lipinski definition) is 2. The van der Waals surface area contributed by atoms with E-state index < -0.39 is 0 Å². The van der Waals surface area contributed by atoms with Crippen LogP contribution >= 0.6 is 11.6 Å². The smallest absolute Gasteiger partial charge is 0.102 e. The van der Waals surface area contributed by atoms with E-state index in [4.69, 9.17) is 11.6 Å². The Morgan fingerprint density at radius 2 is 1.39 bits per heavy atom. The number of rotatable bonds is 16. The Kier molecular flexibility index (Phi) is 21.1. The van der Waals surface area contributed by atoms with Gasteiger partial charge in [0.25, 0.3) is 0 Å². The van der Waals surface area contributed by atoms with E-state index >= 15 is 0 Å². The molecule has 142 valence electrons. The summed E-state index contributed by atoms with van der Waals surface area (Å²) in [4.78, 5) is 0. The highest BCUT2D eigenvalue weighted by Crippen LogP contribution is 2.18. The molecule has 0 aliphatic carbocycles. The molecule has 0 spiro atoms. The fourth-order valence-electron chi connectivity index (χ4n) is 3.00. The van der Waals surface area contributed by atoms with Gasteiger partial charge in [-0.1, -0.05) is 71.6 Å². The van der Waals surface area contributed by atoms with E-state index in [9.17, 15) is 5.11 Å². The summed E-state index contributed by atoms with van der Waals surface area (Å²) in [7, 11) is 0. The molecular formula is C19H41Cl2NO. The van der Waals surface area contributed by atoms with Crippen LogP contribution in [0.2, 0.25) is 0 Å². The van der Waals surface area contributed by atoms with Crippen LogP contribution in [0.5, 0.6) is 0 Å². The minimum Gasteiger partial charge on any atom is -1.00 e. The summed E-state index contributed by atoms with van der Waals surface area (Å²) in [5.74, 6) is 0.961. The van der Waals surface area contributed by atoms with Gasteiger partial charge >= 0.3 is 0 Å². The zero-order valence-corrected chi connectivity index (χ0v) is 17.2. The highest BCUT2D eigenvalue weighted by Gasteiger charge is 2.06. The monoisotopic (exact) mass is 369 g/mol. The molecule has 0 rings (SSSR count). The van der Waals surface area contributed by atoms with Gasteiger partial charge in [0.2, 0.25) is 0 Å². The average Bonchev–Trinajstić information content (AvgIpc) is 2.50. The van der Waals surface area contributed by atoms with Crippen LogP contribution in [-0.4, -0.2) is 29.7 Å². The zero-order valence-electron chi connectivity index (χ0n) is 15.7. The van der Waals surface area contributed by atoms with Crippen molar-refractivity contribution in [2.45, 2.75) is 103 Å². The number of aliphatic hydroxyl groups excluding tert-OH is 1. The third-order valence-corrected chi connectivity index (χ3v) is 5.16. The summed E-state index contributed by atoms with van der Waals surface area (Å²) >= 11 is 6.34. The summed E-state index contributed by atoms with van der Waals surface area (Å²) < 4.78 is 0. The van der Waals surface area contributed by atoms with Crippen LogP contribution in [0.4, 0.5) is 0 Å². The van der Waals surface area contributed by atoms with Gasteiger partial charge in [-0.25, -0.2) is 0 Å². The van der Waals surface area contributed by atoms with Crippen molar-refractivity contribution in [3.8, 4) is 0 Å². The van der Waals surface area contributed by atoms with Crippen LogP contribution in [0.3, 0.4) is 0 Å². The first-order chi connectivity index (χ1) is 10.6. The van der Waals surface area contributed by atoms with E-state index in [0.717, 1.165) is 31.8 Å². The van der Waals surface area contributed by atoms with Gasteiger partial charge in [0, 0.05) is 11.8 Å². The second-order valence-electron chi connectivity index (χ2n) is 6.93. The number of unbranched alkanes of at least 4 members (excludes halogenated alkanes) is 5. The maximum Gasteiger partial charge on any atom is 0.102 e. The van der Waals surface area contributed by atoms with Crippen molar-refractivity contribution >= 4 is 11.6 Å². The molecule has 2 nitrogen and oxygen atoms in total. The first-order valence-corrected chi connectivity index (χ1v) is 10.2. The standard InChI is InChI=1S/C19H40ClNO.ClH/c1-4-18(5-2)12-10-8-6-7-9-11-13-19(20)14-15-21-16-17(3)22;/h17-19,21-22H,4-16H2,1-3H3;1H. The summed E-state index contributed by atoms with van der Waals surface area (Å²) in [6.07, 6.45) is 14.3. The fourth-order valence-corrected chi connectivity index (χ4v) is 3.29. The van der Waals surface area contributed by atoms with Crippen molar-refractivity contribution in [3.63, 3.8) is 0 Å². The molecule has 0 bridgehead atoms. The Balaban J connectivity index is 0. The fraction of sp³-hybridized carbons (Fsp3) is 1.00. The Hall–Kier alpha value is 0.500. The molecular weight excluding hydrogens is 329 g/mol. The quantitative estimate of drug-likeness (QED) is 0.314. The lowest BCUT2D eigenvalue weighted by Crippen LogP contribution is -3.00. The van der Waals surface area contributed by atoms with Crippen LogP contribution < -0.4 is 17.7 Å². The van der Waals surface area contributed by atoms with E-state index in [1.165, 1.54) is 57.8 Å². The van der Waals surface area contributed by atoms with Gasteiger partial charge in [-0.05, 0) is 19.3 Å². The molecule has 0 aliphatic heterocycles. The number of quaternary nitrogens is 1. The van der Waals surface area contributed by atoms with Crippen LogP contribution in [0.15, 0.2) is 0 Å². The molecule has 0 aromatic heterocycles. The minimum absolute atomic E-state index is 0. The Morgan fingerprint density at radius 1 is 0.870 bits per heavy atom. The van der Waals surface area contributed by atoms with E-state index in [2.05, 4.69) is 19.2 Å². The molecule has 0 radical (unpaired) electrons. The van der Waals surface area contributed by atoms with Gasteiger partial charge in [0.1, 0.15) is 6.54 Å². The van der Waals surface area contributed by atoms with Crippen LogP contribution in [-0.2, 0) is 0 Å². The number of nitrogens with two attached hydrogens (primary N) is 1. The predicted octanol–water partition coefficient (Wildman–Crippen LogP) is 1.49. The second-order valence-corrected chi connectivity index (χ2v) is 7.55. The topological polar surface area (TPSA) is 36.8 Å². The molecule has 0 heterocycles. The number of alkyl halides is 1. The Morgan fingerprint density at radius 3 is 1.91 bits per heavy atom. The summed E-state index contributed by atoms with van der Waals surface area (Å²) in [6.45, 7) is 8.30. The van der Waals surface area contributed by atoms with Crippen molar-refractivity contribution in [3.05, 3.63) is 0 Å². The first-order valence-electron chi connectivity index (χ1n) is 9.73. The van der Waals surface area contributed by atoms with Crippen molar-refractivity contribution in [1.82, 2.24) is 0 Å². The largest absolute Gasteiger partial charge is 1.00 e.